The molecule has 0 bridgehead atoms. The zero-order valence-corrected chi connectivity index (χ0v) is 24.2. The lowest BCUT2D eigenvalue weighted by atomic mass is 10.2. The molecule has 0 saturated heterocycles. The van der Waals surface area contributed by atoms with Gasteiger partial charge in [-0.3, -0.25) is 4.79 Å². The van der Waals surface area contributed by atoms with Crippen LogP contribution in [0, 0.1) is 0 Å². The number of unbranched alkanes of at least 4 members (excludes halogenated alkanes) is 1. The first-order chi connectivity index (χ1) is 16.8. The maximum atomic E-state index is 13.3. The number of hydrogen-bond donors (Lipinski definition) is 0. The van der Waals surface area contributed by atoms with Crippen molar-refractivity contribution in [3.63, 3.8) is 0 Å². The van der Waals surface area contributed by atoms with Crippen LogP contribution in [0.5, 0.6) is 11.5 Å². The predicted molar refractivity (Wildman–Crippen MR) is 146 cm³/mol. The van der Waals surface area contributed by atoms with Gasteiger partial charge < -0.3 is 14.2 Å². The van der Waals surface area contributed by atoms with Crippen LogP contribution in [0.15, 0.2) is 47.6 Å². The Bertz CT molecular complexity index is 1320. The minimum absolute atomic E-state index is 0.254. The summed E-state index contributed by atoms with van der Waals surface area (Å²) in [5.41, 5.74) is 1.000. The van der Waals surface area contributed by atoms with E-state index < -0.39 is 5.97 Å². The normalized spacial score (nSPS) is 11.3. The summed E-state index contributed by atoms with van der Waals surface area (Å²) >= 11 is 10.4. The molecule has 1 aromatic heterocycles. The molecule has 3 rings (SSSR count). The molecule has 0 fully saturated rings. The van der Waals surface area contributed by atoms with Crippen molar-refractivity contribution in [1.82, 2.24) is 9.66 Å². The van der Waals surface area contributed by atoms with E-state index in [0.29, 0.717) is 49.2 Å². The van der Waals surface area contributed by atoms with Gasteiger partial charge in [-0.15, -0.1) is 0 Å². The Kier molecular flexibility index (Phi) is 9.88. The van der Waals surface area contributed by atoms with Crippen LogP contribution >= 0.6 is 47.8 Å². The largest absolute Gasteiger partial charge is 0.493 e. The molecule has 0 unspecified atom stereocenters. The fourth-order valence-electron chi connectivity index (χ4n) is 3.25. The first-order valence-corrected chi connectivity index (χ1v) is 13.3. The molecular formula is C24H24Br3N3O5. The second kappa shape index (κ2) is 12.6. The molecule has 11 heteroatoms. The Balaban J connectivity index is 2.04. The Morgan fingerprint density at radius 1 is 1.17 bits per heavy atom. The number of aromatic nitrogens is 2. The van der Waals surface area contributed by atoms with Crippen LogP contribution in [-0.4, -0.2) is 42.2 Å². The van der Waals surface area contributed by atoms with E-state index in [1.54, 1.807) is 25.3 Å². The SMILES string of the molecule is CCCCc1nc2ccc(Br)cc2c(=O)n1N=Cc1cc(OC)c(OCC(=O)OCC)c(Br)c1Br. The van der Waals surface area contributed by atoms with Gasteiger partial charge in [-0.2, -0.15) is 9.78 Å². The van der Waals surface area contributed by atoms with Crippen molar-refractivity contribution in [2.45, 2.75) is 33.1 Å². The molecule has 0 atom stereocenters. The highest BCUT2D eigenvalue weighted by atomic mass is 79.9. The number of fused-ring (bicyclic) bond motifs is 1. The highest BCUT2D eigenvalue weighted by Crippen LogP contribution is 2.42. The third kappa shape index (κ3) is 6.50. The van der Waals surface area contributed by atoms with Crippen LogP contribution in [0.25, 0.3) is 10.9 Å². The third-order valence-electron chi connectivity index (χ3n) is 4.96. The number of benzene rings is 2. The van der Waals surface area contributed by atoms with Crippen molar-refractivity contribution >= 4 is 70.9 Å². The number of carbonyl (C=O) groups is 1. The van der Waals surface area contributed by atoms with E-state index in [9.17, 15) is 9.59 Å². The summed E-state index contributed by atoms with van der Waals surface area (Å²) in [6.07, 6.45) is 4.00. The molecule has 186 valence electrons. The smallest absolute Gasteiger partial charge is 0.344 e. The molecular weight excluding hydrogens is 650 g/mol. The molecule has 2 aromatic carbocycles. The number of ether oxygens (including phenoxy) is 3. The van der Waals surface area contributed by atoms with Crippen molar-refractivity contribution < 1.29 is 19.0 Å². The summed E-state index contributed by atoms with van der Waals surface area (Å²) in [5.74, 6) is 0.810. The van der Waals surface area contributed by atoms with E-state index >= 15 is 0 Å². The maximum Gasteiger partial charge on any atom is 0.344 e. The molecule has 0 N–H and O–H groups in total. The lowest BCUT2D eigenvalue weighted by molar-refractivity contribution is -0.145. The zero-order valence-electron chi connectivity index (χ0n) is 19.4. The summed E-state index contributed by atoms with van der Waals surface area (Å²) in [6.45, 7) is 3.80. The number of esters is 1. The fraction of sp³-hybridized carbons (Fsp3) is 0.333. The third-order valence-corrected chi connectivity index (χ3v) is 7.59. The van der Waals surface area contributed by atoms with E-state index in [2.05, 4.69) is 64.8 Å². The van der Waals surface area contributed by atoms with E-state index in [4.69, 9.17) is 14.2 Å². The number of aryl methyl sites for hydroxylation is 1. The predicted octanol–water partition coefficient (Wildman–Crippen LogP) is 5.86. The molecule has 0 aliphatic rings. The van der Waals surface area contributed by atoms with E-state index in [0.717, 1.165) is 17.3 Å². The Morgan fingerprint density at radius 2 is 1.94 bits per heavy atom. The first-order valence-electron chi connectivity index (χ1n) is 10.9. The second-order valence-electron chi connectivity index (χ2n) is 7.37. The van der Waals surface area contributed by atoms with Crippen LogP contribution in [0.4, 0.5) is 0 Å². The molecule has 0 radical (unpaired) electrons. The van der Waals surface area contributed by atoms with Crippen molar-refractivity contribution in [3.05, 3.63) is 59.4 Å². The fourth-order valence-corrected chi connectivity index (χ4v) is 4.55. The first kappa shape index (κ1) is 27.3. The highest BCUT2D eigenvalue weighted by molar-refractivity contribution is 9.13. The zero-order chi connectivity index (χ0) is 25.5. The summed E-state index contributed by atoms with van der Waals surface area (Å²) in [5, 5.41) is 4.96. The monoisotopic (exact) mass is 671 g/mol. The Hall–Kier alpha value is -2.24. The van der Waals surface area contributed by atoms with Crippen molar-refractivity contribution in [2.24, 2.45) is 5.10 Å². The highest BCUT2D eigenvalue weighted by Gasteiger charge is 2.18. The van der Waals surface area contributed by atoms with Crippen LogP contribution < -0.4 is 15.0 Å². The van der Waals surface area contributed by atoms with Gasteiger partial charge in [0.05, 0.1) is 35.3 Å². The molecule has 0 spiro atoms. The van der Waals surface area contributed by atoms with Crippen LogP contribution in [-0.2, 0) is 16.0 Å². The number of halogens is 3. The van der Waals surface area contributed by atoms with Crippen LogP contribution in [0.1, 0.15) is 38.1 Å². The number of nitrogens with zero attached hydrogens (tertiary/aromatic N) is 3. The van der Waals surface area contributed by atoms with Gasteiger partial charge in [0.15, 0.2) is 18.1 Å². The lowest BCUT2D eigenvalue weighted by Crippen LogP contribution is -2.22. The van der Waals surface area contributed by atoms with Gasteiger partial charge in [-0.25, -0.2) is 9.78 Å². The number of carbonyl (C=O) groups excluding carboxylic acids is 1. The molecule has 35 heavy (non-hydrogen) atoms. The van der Waals surface area contributed by atoms with Crippen LogP contribution in [0.3, 0.4) is 0 Å². The summed E-state index contributed by atoms with van der Waals surface area (Å²) in [6, 6.07) is 7.11. The van der Waals surface area contributed by atoms with Gasteiger partial charge >= 0.3 is 5.97 Å². The van der Waals surface area contributed by atoms with Gasteiger partial charge in [0.1, 0.15) is 5.82 Å². The average molecular weight is 674 g/mol. The number of methoxy groups -OCH3 is 1. The standard InChI is InChI=1S/C24H24Br3N3O5/c1-4-6-7-19-29-17-9-8-15(25)11-16(17)24(32)30(19)28-12-14-10-18(33-3)23(22(27)21(14)26)35-13-20(31)34-5-2/h8-12H,4-7,13H2,1-3H3. The van der Waals surface area contributed by atoms with Crippen LogP contribution in [0.2, 0.25) is 0 Å². The average Bonchev–Trinajstić information content (AvgIpc) is 2.84. The second-order valence-corrected chi connectivity index (χ2v) is 9.88. The van der Waals surface area contributed by atoms with E-state index in [1.165, 1.54) is 11.8 Å². The van der Waals surface area contributed by atoms with Crippen molar-refractivity contribution in [3.8, 4) is 11.5 Å². The quantitative estimate of drug-likeness (QED) is 0.198. The van der Waals surface area contributed by atoms with E-state index in [1.807, 2.05) is 12.1 Å². The molecule has 3 aromatic rings. The minimum atomic E-state index is -0.488. The Labute approximate surface area is 228 Å². The molecule has 0 saturated carbocycles. The van der Waals surface area contributed by atoms with Crippen molar-refractivity contribution in [2.75, 3.05) is 20.3 Å². The Morgan fingerprint density at radius 3 is 2.63 bits per heavy atom. The summed E-state index contributed by atoms with van der Waals surface area (Å²) < 4.78 is 19.3. The number of hydrogen-bond acceptors (Lipinski definition) is 7. The molecule has 0 aliphatic carbocycles. The maximum absolute atomic E-state index is 13.3. The molecule has 0 amide bonds. The van der Waals surface area contributed by atoms with Gasteiger partial charge in [0, 0.05) is 20.9 Å². The summed E-state index contributed by atoms with van der Waals surface area (Å²) in [4.78, 5) is 29.7. The van der Waals surface area contributed by atoms with Gasteiger partial charge in [-0.1, -0.05) is 29.3 Å². The molecule has 1 heterocycles. The molecule has 0 aliphatic heterocycles. The molecule has 8 nitrogen and oxygen atoms in total. The lowest BCUT2D eigenvalue weighted by Gasteiger charge is -2.15. The van der Waals surface area contributed by atoms with Gasteiger partial charge in [0.25, 0.3) is 5.56 Å². The summed E-state index contributed by atoms with van der Waals surface area (Å²) in [7, 11) is 1.49. The van der Waals surface area contributed by atoms with Gasteiger partial charge in [-0.05, 0) is 69.5 Å². The van der Waals surface area contributed by atoms with E-state index in [-0.39, 0.29) is 18.8 Å². The topological polar surface area (TPSA) is 92.0 Å². The minimum Gasteiger partial charge on any atom is -0.493 e. The van der Waals surface area contributed by atoms with Gasteiger partial charge in [0.2, 0.25) is 0 Å². The number of rotatable bonds is 10. The van der Waals surface area contributed by atoms with Crippen molar-refractivity contribution in [1.29, 1.82) is 0 Å².